The van der Waals surface area contributed by atoms with E-state index in [0.29, 0.717) is 21.8 Å². The summed E-state index contributed by atoms with van der Waals surface area (Å²) in [6, 6.07) is 1.88. The zero-order valence-electron chi connectivity index (χ0n) is 10.6. The minimum atomic E-state index is -0.0962. The van der Waals surface area contributed by atoms with Gasteiger partial charge in [-0.05, 0) is 18.6 Å². The Labute approximate surface area is 121 Å². The fraction of sp³-hybridized carbons (Fsp3) is 0.545. The molecule has 1 aromatic rings. The van der Waals surface area contributed by atoms with Gasteiger partial charge >= 0.3 is 6.03 Å². The summed E-state index contributed by atoms with van der Waals surface area (Å²) < 4.78 is 1.39. The van der Waals surface area contributed by atoms with Crippen molar-refractivity contribution in [2.24, 2.45) is 0 Å². The van der Waals surface area contributed by atoms with Crippen LogP contribution in [0.1, 0.15) is 18.5 Å². The number of nitrogens with zero attached hydrogens (tertiary/aromatic N) is 1. The van der Waals surface area contributed by atoms with Gasteiger partial charge in [-0.1, -0.05) is 23.2 Å². The number of hydrogen-bond donors (Lipinski definition) is 2. The Balaban J connectivity index is 2.32. The van der Waals surface area contributed by atoms with Gasteiger partial charge in [0.1, 0.15) is 0 Å². The predicted molar refractivity (Wildman–Crippen MR) is 77.8 cm³/mol. The average Bonchev–Trinajstić information content (AvgIpc) is 2.63. The van der Waals surface area contributed by atoms with Crippen LogP contribution in [0.3, 0.4) is 0 Å². The molecule has 1 rings (SSSR count). The molecule has 102 valence electrons. The molecular weight excluding hydrogens is 293 g/mol. The molecule has 2 amide bonds. The maximum Gasteiger partial charge on any atom is 0.316 e. The van der Waals surface area contributed by atoms with E-state index >= 15 is 0 Å². The van der Waals surface area contributed by atoms with Crippen LogP contribution in [-0.4, -0.2) is 38.1 Å². The summed E-state index contributed by atoms with van der Waals surface area (Å²) >= 11 is 13.3. The number of amides is 2. The Bertz CT molecular complexity index is 409. The van der Waals surface area contributed by atoms with E-state index in [9.17, 15) is 4.79 Å². The van der Waals surface area contributed by atoms with Crippen LogP contribution in [0.15, 0.2) is 6.07 Å². The Kier molecular flexibility index (Phi) is 6.21. The molecule has 1 heterocycles. The first-order valence-corrected chi connectivity index (χ1v) is 7.12. The summed E-state index contributed by atoms with van der Waals surface area (Å²) in [5, 5.41) is 6.05. The molecule has 0 saturated heterocycles. The highest BCUT2D eigenvalue weighted by Crippen LogP contribution is 2.34. The minimum absolute atomic E-state index is 0.0962. The molecule has 0 saturated carbocycles. The maximum atomic E-state index is 11.3. The number of carbonyl (C=O) groups excluding carboxylic acids is 1. The number of urea groups is 1. The summed E-state index contributed by atoms with van der Waals surface area (Å²) in [7, 11) is 3.41. The summed E-state index contributed by atoms with van der Waals surface area (Å²) in [4.78, 5) is 12.8. The van der Waals surface area contributed by atoms with Crippen LogP contribution in [0.4, 0.5) is 4.79 Å². The van der Waals surface area contributed by atoms with Gasteiger partial charge in [0.05, 0.1) is 8.67 Å². The molecule has 4 nitrogen and oxygen atoms in total. The first-order chi connectivity index (χ1) is 8.41. The lowest BCUT2D eigenvalue weighted by molar-refractivity contribution is 0.217. The number of nitrogens with one attached hydrogen (secondary N) is 2. The monoisotopic (exact) mass is 309 g/mol. The van der Waals surface area contributed by atoms with Gasteiger partial charge in [0, 0.05) is 33.2 Å². The summed E-state index contributed by atoms with van der Waals surface area (Å²) in [5.74, 6) is 0. The Hall–Kier alpha value is -0.490. The van der Waals surface area contributed by atoms with Crippen molar-refractivity contribution in [3.05, 3.63) is 20.3 Å². The van der Waals surface area contributed by atoms with Crippen LogP contribution in [0, 0.1) is 0 Å². The highest BCUT2D eigenvalue weighted by atomic mass is 35.5. The van der Waals surface area contributed by atoms with Gasteiger partial charge in [-0.2, -0.15) is 0 Å². The molecule has 0 aliphatic rings. The molecule has 7 heteroatoms. The van der Waals surface area contributed by atoms with Crippen LogP contribution in [-0.2, 0) is 0 Å². The summed E-state index contributed by atoms with van der Waals surface area (Å²) in [5.41, 5.74) is 0.991. The molecule has 2 N–H and O–H groups in total. The fourth-order valence-corrected chi connectivity index (χ4v) is 3.02. The highest BCUT2D eigenvalue weighted by Gasteiger charge is 2.12. The second-order valence-corrected chi connectivity index (χ2v) is 6.37. The molecule has 0 aromatic carbocycles. The summed E-state index contributed by atoms with van der Waals surface area (Å²) in [6.45, 7) is 3.25. The molecule has 0 bridgehead atoms. The number of rotatable bonds is 5. The molecule has 1 unspecified atom stereocenters. The quantitative estimate of drug-likeness (QED) is 0.821. The van der Waals surface area contributed by atoms with Gasteiger partial charge in [-0.25, -0.2) is 4.79 Å². The van der Waals surface area contributed by atoms with Gasteiger partial charge in [0.2, 0.25) is 0 Å². The van der Waals surface area contributed by atoms with Crippen LogP contribution in [0.5, 0.6) is 0 Å². The van der Waals surface area contributed by atoms with E-state index < -0.39 is 0 Å². The zero-order chi connectivity index (χ0) is 13.7. The van der Waals surface area contributed by atoms with E-state index in [1.165, 1.54) is 16.2 Å². The lowest BCUT2D eigenvalue weighted by Crippen LogP contribution is -2.38. The van der Waals surface area contributed by atoms with Gasteiger partial charge in [0.15, 0.2) is 0 Å². The average molecular weight is 310 g/mol. The van der Waals surface area contributed by atoms with E-state index in [-0.39, 0.29) is 12.1 Å². The summed E-state index contributed by atoms with van der Waals surface area (Å²) in [6.07, 6.45) is 0. The van der Waals surface area contributed by atoms with Crippen molar-refractivity contribution >= 4 is 40.6 Å². The fourth-order valence-electron chi connectivity index (χ4n) is 1.37. The van der Waals surface area contributed by atoms with E-state index in [4.69, 9.17) is 23.2 Å². The number of thiophene rings is 1. The minimum Gasteiger partial charge on any atom is -0.337 e. The van der Waals surface area contributed by atoms with Gasteiger partial charge in [-0.15, -0.1) is 11.3 Å². The number of hydrogen-bond acceptors (Lipinski definition) is 3. The lowest BCUT2D eigenvalue weighted by Gasteiger charge is -2.15. The first-order valence-electron chi connectivity index (χ1n) is 5.55. The maximum absolute atomic E-state index is 11.3. The third-order valence-corrected chi connectivity index (χ3v) is 3.93. The van der Waals surface area contributed by atoms with Crippen molar-refractivity contribution in [1.82, 2.24) is 15.5 Å². The van der Waals surface area contributed by atoms with Crippen LogP contribution < -0.4 is 10.6 Å². The topological polar surface area (TPSA) is 44.4 Å². The van der Waals surface area contributed by atoms with Crippen LogP contribution in [0.25, 0.3) is 0 Å². The first kappa shape index (κ1) is 15.6. The van der Waals surface area contributed by atoms with Crippen molar-refractivity contribution in [2.45, 2.75) is 13.0 Å². The normalized spacial score (nSPS) is 12.3. The second kappa shape index (κ2) is 7.19. The van der Waals surface area contributed by atoms with E-state index in [2.05, 4.69) is 10.6 Å². The van der Waals surface area contributed by atoms with Gasteiger partial charge in [0.25, 0.3) is 0 Å². The molecule has 0 spiro atoms. The van der Waals surface area contributed by atoms with Crippen LogP contribution >= 0.6 is 34.5 Å². The van der Waals surface area contributed by atoms with E-state index in [1.807, 2.05) is 13.0 Å². The van der Waals surface area contributed by atoms with Crippen molar-refractivity contribution in [3.63, 3.8) is 0 Å². The molecule has 1 aromatic heterocycles. The molecule has 0 fully saturated rings. The molecule has 0 aliphatic carbocycles. The molecule has 0 radical (unpaired) electrons. The van der Waals surface area contributed by atoms with Gasteiger partial charge in [-0.3, -0.25) is 0 Å². The van der Waals surface area contributed by atoms with Crippen molar-refractivity contribution in [1.29, 1.82) is 0 Å². The second-order valence-electron chi connectivity index (χ2n) is 4.08. The van der Waals surface area contributed by atoms with E-state index in [0.717, 1.165) is 5.56 Å². The van der Waals surface area contributed by atoms with E-state index in [1.54, 1.807) is 14.1 Å². The molecule has 1 atom stereocenters. The Morgan fingerprint density at radius 1 is 1.44 bits per heavy atom. The molecule has 18 heavy (non-hydrogen) atoms. The largest absolute Gasteiger partial charge is 0.337 e. The zero-order valence-corrected chi connectivity index (χ0v) is 12.9. The van der Waals surface area contributed by atoms with Crippen molar-refractivity contribution < 1.29 is 4.79 Å². The SMILES string of the molecule is CC(NCCNC(=O)N(C)C)c1cc(Cl)sc1Cl. The highest BCUT2D eigenvalue weighted by molar-refractivity contribution is 7.20. The standard InChI is InChI=1S/C11H17Cl2N3OS/c1-7(8-6-9(12)18-10(8)13)14-4-5-15-11(17)16(2)3/h6-7,14H,4-5H2,1-3H3,(H,15,17). The third kappa shape index (κ3) is 4.65. The van der Waals surface area contributed by atoms with Crippen molar-refractivity contribution in [3.8, 4) is 0 Å². The number of carbonyl (C=O) groups is 1. The Morgan fingerprint density at radius 2 is 2.11 bits per heavy atom. The molecule has 0 aliphatic heterocycles. The third-order valence-electron chi connectivity index (χ3n) is 2.41. The Morgan fingerprint density at radius 3 is 2.61 bits per heavy atom. The smallest absolute Gasteiger partial charge is 0.316 e. The van der Waals surface area contributed by atoms with Crippen LogP contribution in [0.2, 0.25) is 8.67 Å². The molecular formula is C11H17Cl2N3OS. The number of halogens is 2. The van der Waals surface area contributed by atoms with Gasteiger partial charge < -0.3 is 15.5 Å². The lowest BCUT2D eigenvalue weighted by atomic mass is 10.2. The predicted octanol–water partition coefficient (Wildman–Crippen LogP) is 2.98. The van der Waals surface area contributed by atoms with Crippen molar-refractivity contribution in [2.75, 3.05) is 27.2 Å².